The fourth-order valence-corrected chi connectivity index (χ4v) is 2.42. The molecule has 0 atom stereocenters. The Morgan fingerprint density at radius 3 is 2.40 bits per heavy atom. The average Bonchev–Trinajstić information content (AvgIpc) is 2.10. The van der Waals surface area contributed by atoms with Crippen LogP contribution in [0.4, 0.5) is 5.00 Å². The van der Waals surface area contributed by atoms with Crippen molar-refractivity contribution >= 4 is 32.3 Å². The lowest BCUT2D eigenvalue weighted by Gasteiger charge is -2.00. The Hall–Kier alpha value is -0.0200. The highest BCUT2D eigenvalue weighted by Gasteiger charge is 2.06. The van der Waals surface area contributed by atoms with E-state index in [1.165, 1.54) is 5.56 Å². The topological polar surface area (TPSA) is 26.0 Å². The molecule has 3 heteroatoms. The maximum Gasteiger partial charge on any atom is 0.0903 e. The summed E-state index contributed by atoms with van der Waals surface area (Å²) in [7, 11) is 0. The zero-order valence-corrected chi connectivity index (χ0v) is 8.42. The SMILES string of the molecule is CC(C)c1cc(Br)sc1N. The highest BCUT2D eigenvalue weighted by atomic mass is 79.9. The third-order valence-electron chi connectivity index (χ3n) is 1.38. The highest BCUT2D eigenvalue weighted by molar-refractivity contribution is 9.11. The van der Waals surface area contributed by atoms with Crippen LogP contribution in [0, 0.1) is 0 Å². The van der Waals surface area contributed by atoms with Gasteiger partial charge in [-0.05, 0) is 33.5 Å². The molecule has 0 aliphatic heterocycles. The standard InChI is InChI=1S/C7H10BrNS/c1-4(2)5-3-6(8)10-7(5)9/h3-4H,9H2,1-2H3. The second-order valence-corrected chi connectivity index (χ2v) is 4.99. The number of nitrogens with two attached hydrogens (primary N) is 1. The van der Waals surface area contributed by atoms with Crippen LogP contribution < -0.4 is 5.73 Å². The van der Waals surface area contributed by atoms with Gasteiger partial charge in [-0.1, -0.05) is 13.8 Å². The van der Waals surface area contributed by atoms with Crippen molar-refractivity contribution in [3.63, 3.8) is 0 Å². The molecule has 1 nitrogen and oxygen atoms in total. The maximum atomic E-state index is 5.73. The smallest absolute Gasteiger partial charge is 0.0903 e. The molecule has 2 N–H and O–H groups in total. The molecular formula is C7H10BrNS. The molecule has 0 bridgehead atoms. The predicted octanol–water partition coefficient (Wildman–Crippen LogP) is 3.22. The minimum Gasteiger partial charge on any atom is -0.390 e. The summed E-state index contributed by atoms with van der Waals surface area (Å²) in [5, 5.41) is 0.932. The second-order valence-electron chi connectivity index (χ2n) is 2.52. The van der Waals surface area contributed by atoms with Crippen molar-refractivity contribution in [1.82, 2.24) is 0 Å². The first-order valence-electron chi connectivity index (χ1n) is 3.16. The largest absolute Gasteiger partial charge is 0.390 e. The van der Waals surface area contributed by atoms with Gasteiger partial charge in [-0.15, -0.1) is 11.3 Å². The number of hydrogen-bond acceptors (Lipinski definition) is 2. The third kappa shape index (κ3) is 1.52. The minimum atomic E-state index is 0.530. The van der Waals surface area contributed by atoms with E-state index < -0.39 is 0 Å². The van der Waals surface area contributed by atoms with E-state index in [4.69, 9.17) is 5.73 Å². The van der Waals surface area contributed by atoms with E-state index in [2.05, 4.69) is 35.8 Å². The van der Waals surface area contributed by atoms with Gasteiger partial charge in [-0.2, -0.15) is 0 Å². The molecule has 0 spiro atoms. The molecule has 1 aromatic heterocycles. The Balaban J connectivity index is 3.03. The number of rotatable bonds is 1. The maximum absolute atomic E-state index is 5.73. The zero-order chi connectivity index (χ0) is 7.72. The molecule has 0 aliphatic carbocycles. The van der Waals surface area contributed by atoms with Gasteiger partial charge in [0.1, 0.15) is 0 Å². The lowest BCUT2D eigenvalue weighted by atomic mass is 10.1. The van der Waals surface area contributed by atoms with Crippen LogP contribution in [0.3, 0.4) is 0 Å². The van der Waals surface area contributed by atoms with Gasteiger partial charge in [0, 0.05) is 0 Å². The zero-order valence-electron chi connectivity index (χ0n) is 6.02. The summed E-state index contributed by atoms with van der Waals surface area (Å²) in [5.74, 6) is 0.530. The molecule has 0 aromatic carbocycles. The first-order valence-corrected chi connectivity index (χ1v) is 4.77. The first-order chi connectivity index (χ1) is 4.61. The van der Waals surface area contributed by atoms with Gasteiger partial charge in [0.25, 0.3) is 0 Å². The second kappa shape index (κ2) is 2.93. The Kier molecular flexibility index (Phi) is 2.36. The van der Waals surface area contributed by atoms with E-state index in [9.17, 15) is 0 Å². The molecule has 1 rings (SSSR count). The summed E-state index contributed by atoms with van der Waals surface area (Å²) >= 11 is 4.98. The Bertz CT molecular complexity index is 230. The van der Waals surface area contributed by atoms with Crippen molar-refractivity contribution in [1.29, 1.82) is 0 Å². The highest BCUT2D eigenvalue weighted by Crippen LogP contribution is 2.33. The van der Waals surface area contributed by atoms with Gasteiger partial charge in [-0.25, -0.2) is 0 Å². The molecule has 0 saturated heterocycles. The number of thiophene rings is 1. The lowest BCUT2D eigenvalue weighted by molar-refractivity contribution is 0.874. The quantitative estimate of drug-likeness (QED) is 0.772. The summed E-state index contributed by atoms with van der Waals surface area (Å²) < 4.78 is 1.12. The van der Waals surface area contributed by atoms with E-state index >= 15 is 0 Å². The van der Waals surface area contributed by atoms with Crippen molar-refractivity contribution in [3.8, 4) is 0 Å². The molecule has 0 aliphatic rings. The lowest BCUT2D eigenvalue weighted by Crippen LogP contribution is -1.89. The van der Waals surface area contributed by atoms with Crippen LogP contribution in [0.5, 0.6) is 0 Å². The summed E-state index contributed by atoms with van der Waals surface area (Å²) in [4.78, 5) is 0. The van der Waals surface area contributed by atoms with Gasteiger partial charge >= 0.3 is 0 Å². The van der Waals surface area contributed by atoms with Crippen molar-refractivity contribution < 1.29 is 0 Å². The van der Waals surface area contributed by atoms with Crippen molar-refractivity contribution in [2.24, 2.45) is 0 Å². The van der Waals surface area contributed by atoms with Crippen LogP contribution in [0.15, 0.2) is 9.85 Å². The van der Waals surface area contributed by atoms with E-state index in [0.717, 1.165) is 8.79 Å². The van der Waals surface area contributed by atoms with E-state index in [-0.39, 0.29) is 0 Å². The van der Waals surface area contributed by atoms with Crippen molar-refractivity contribution in [2.45, 2.75) is 19.8 Å². The fourth-order valence-electron chi connectivity index (χ4n) is 0.838. The molecule has 1 heterocycles. The molecular weight excluding hydrogens is 210 g/mol. The number of hydrogen-bond donors (Lipinski definition) is 1. The van der Waals surface area contributed by atoms with Gasteiger partial charge in [0.2, 0.25) is 0 Å². The molecule has 0 unspecified atom stereocenters. The van der Waals surface area contributed by atoms with Crippen LogP contribution >= 0.6 is 27.3 Å². The molecule has 10 heavy (non-hydrogen) atoms. The Morgan fingerprint density at radius 2 is 2.20 bits per heavy atom. The van der Waals surface area contributed by atoms with E-state index in [1.54, 1.807) is 11.3 Å². The molecule has 0 amide bonds. The molecule has 0 radical (unpaired) electrons. The number of anilines is 1. The van der Waals surface area contributed by atoms with E-state index in [1.807, 2.05) is 0 Å². The summed E-state index contributed by atoms with van der Waals surface area (Å²) in [6, 6.07) is 2.09. The van der Waals surface area contributed by atoms with Crippen molar-refractivity contribution in [2.75, 3.05) is 5.73 Å². The van der Waals surface area contributed by atoms with E-state index in [0.29, 0.717) is 5.92 Å². The molecule has 1 aromatic rings. The predicted molar refractivity (Wildman–Crippen MR) is 50.5 cm³/mol. The van der Waals surface area contributed by atoms with Crippen LogP contribution in [0.2, 0.25) is 0 Å². The van der Waals surface area contributed by atoms with Crippen molar-refractivity contribution in [3.05, 3.63) is 15.4 Å². The van der Waals surface area contributed by atoms with Gasteiger partial charge in [0.15, 0.2) is 0 Å². The summed E-state index contributed by atoms with van der Waals surface area (Å²) in [6.45, 7) is 4.29. The Labute approximate surface area is 73.4 Å². The van der Waals surface area contributed by atoms with Gasteiger partial charge in [-0.3, -0.25) is 0 Å². The monoisotopic (exact) mass is 219 g/mol. The molecule has 0 fully saturated rings. The normalized spacial score (nSPS) is 10.8. The fraction of sp³-hybridized carbons (Fsp3) is 0.429. The van der Waals surface area contributed by atoms with Gasteiger partial charge in [0.05, 0.1) is 8.79 Å². The number of nitrogen functional groups attached to an aromatic ring is 1. The molecule has 0 saturated carbocycles. The average molecular weight is 220 g/mol. The minimum absolute atomic E-state index is 0.530. The first kappa shape index (κ1) is 8.08. The molecule has 56 valence electrons. The summed E-state index contributed by atoms with van der Waals surface area (Å²) in [5.41, 5.74) is 6.98. The van der Waals surface area contributed by atoms with Crippen LogP contribution in [-0.2, 0) is 0 Å². The van der Waals surface area contributed by atoms with Crippen LogP contribution in [0.1, 0.15) is 25.3 Å². The third-order valence-corrected chi connectivity index (χ3v) is 2.87. The van der Waals surface area contributed by atoms with Gasteiger partial charge < -0.3 is 5.73 Å². The Morgan fingerprint density at radius 1 is 1.60 bits per heavy atom. The van der Waals surface area contributed by atoms with Crippen LogP contribution in [-0.4, -0.2) is 0 Å². The number of halogens is 1. The van der Waals surface area contributed by atoms with Crippen LogP contribution in [0.25, 0.3) is 0 Å². The summed E-state index contributed by atoms with van der Waals surface area (Å²) in [6.07, 6.45) is 0.